The van der Waals surface area contributed by atoms with Crippen LogP contribution in [0.2, 0.25) is 0 Å². The van der Waals surface area contributed by atoms with Crippen LogP contribution in [0.15, 0.2) is 23.0 Å². The summed E-state index contributed by atoms with van der Waals surface area (Å²) in [5, 5.41) is 3.35. The van der Waals surface area contributed by atoms with Gasteiger partial charge in [0, 0.05) is 6.04 Å². The topological polar surface area (TPSA) is 60.7 Å². The van der Waals surface area contributed by atoms with Crippen molar-refractivity contribution in [1.82, 2.24) is 15.3 Å². The molecule has 1 aliphatic carbocycles. The molecular formula is C12H15N3O. The van der Waals surface area contributed by atoms with Crippen LogP contribution in [0.25, 0.3) is 11.0 Å². The summed E-state index contributed by atoms with van der Waals surface area (Å²) in [7, 11) is 1.99. The van der Waals surface area contributed by atoms with Gasteiger partial charge in [-0.3, -0.25) is 0 Å². The highest BCUT2D eigenvalue weighted by atomic mass is 16.1. The van der Waals surface area contributed by atoms with E-state index in [9.17, 15) is 4.79 Å². The van der Waals surface area contributed by atoms with E-state index in [4.69, 9.17) is 0 Å². The third-order valence-electron chi connectivity index (χ3n) is 3.30. The van der Waals surface area contributed by atoms with Gasteiger partial charge in [-0.25, -0.2) is 4.79 Å². The first-order valence-electron chi connectivity index (χ1n) is 5.67. The van der Waals surface area contributed by atoms with Crippen LogP contribution in [-0.4, -0.2) is 17.0 Å². The lowest BCUT2D eigenvalue weighted by molar-refractivity contribution is 0.529. The molecule has 0 amide bonds. The van der Waals surface area contributed by atoms with Crippen LogP contribution >= 0.6 is 0 Å². The molecule has 1 heterocycles. The Labute approximate surface area is 93.1 Å². The van der Waals surface area contributed by atoms with E-state index in [-0.39, 0.29) is 5.69 Å². The van der Waals surface area contributed by atoms with Crippen molar-refractivity contribution in [2.75, 3.05) is 7.05 Å². The number of fused-ring (bicyclic) bond motifs is 1. The van der Waals surface area contributed by atoms with Crippen molar-refractivity contribution in [3.8, 4) is 0 Å². The van der Waals surface area contributed by atoms with Crippen LogP contribution in [0.3, 0.4) is 0 Å². The summed E-state index contributed by atoms with van der Waals surface area (Å²) in [4.78, 5) is 16.7. The van der Waals surface area contributed by atoms with Crippen molar-refractivity contribution in [2.45, 2.75) is 18.9 Å². The molecule has 16 heavy (non-hydrogen) atoms. The molecular weight excluding hydrogens is 202 g/mol. The predicted octanol–water partition coefficient (Wildman–Crippen LogP) is 1.53. The summed E-state index contributed by atoms with van der Waals surface area (Å²) >= 11 is 0. The zero-order chi connectivity index (χ0) is 11.1. The summed E-state index contributed by atoms with van der Waals surface area (Å²) < 4.78 is 0. The molecule has 1 saturated carbocycles. The van der Waals surface area contributed by atoms with Crippen molar-refractivity contribution in [3.05, 3.63) is 34.2 Å². The molecule has 1 aromatic heterocycles. The predicted molar refractivity (Wildman–Crippen MR) is 63.4 cm³/mol. The maximum Gasteiger partial charge on any atom is 0.323 e. The van der Waals surface area contributed by atoms with Gasteiger partial charge in [-0.1, -0.05) is 6.07 Å². The second-order valence-electron chi connectivity index (χ2n) is 4.49. The van der Waals surface area contributed by atoms with E-state index in [1.54, 1.807) is 0 Å². The maximum atomic E-state index is 11.2. The summed E-state index contributed by atoms with van der Waals surface area (Å²) in [6.45, 7) is 0. The molecule has 4 heteroatoms. The molecule has 1 atom stereocenters. The Morgan fingerprint density at radius 1 is 1.31 bits per heavy atom. The van der Waals surface area contributed by atoms with Gasteiger partial charge in [-0.2, -0.15) is 0 Å². The molecule has 4 nitrogen and oxygen atoms in total. The number of hydrogen-bond acceptors (Lipinski definition) is 2. The lowest BCUT2D eigenvalue weighted by Gasteiger charge is -2.15. The Balaban J connectivity index is 2.05. The van der Waals surface area contributed by atoms with E-state index >= 15 is 0 Å². The highest BCUT2D eigenvalue weighted by Gasteiger charge is 2.31. The zero-order valence-electron chi connectivity index (χ0n) is 9.21. The van der Waals surface area contributed by atoms with Gasteiger partial charge in [0.25, 0.3) is 0 Å². The van der Waals surface area contributed by atoms with E-state index in [0.29, 0.717) is 6.04 Å². The fourth-order valence-electron chi connectivity index (χ4n) is 2.35. The van der Waals surface area contributed by atoms with E-state index < -0.39 is 0 Å². The SMILES string of the molecule is CNC(c1ccc2[nH]c(=O)[nH]c2c1)C1CC1. The third-order valence-corrected chi connectivity index (χ3v) is 3.30. The third kappa shape index (κ3) is 1.55. The monoisotopic (exact) mass is 217 g/mol. The quantitative estimate of drug-likeness (QED) is 0.730. The summed E-state index contributed by atoms with van der Waals surface area (Å²) in [6.07, 6.45) is 2.60. The fraction of sp³-hybridized carbons (Fsp3) is 0.417. The van der Waals surface area contributed by atoms with Crippen LogP contribution in [-0.2, 0) is 0 Å². The molecule has 1 aromatic carbocycles. The molecule has 84 valence electrons. The Hall–Kier alpha value is -1.55. The van der Waals surface area contributed by atoms with Crippen molar-refractivity contribution in [1.29, 1.82) is 0 Å². The van der Waals surface area contributed by atoms with Gasteiger partial charge in [0.05, 0.1) is 11.0 Å². The summed E-state index contributed by atoms with van der Waals surface area (Å²) in [5.74, 6) is 0.758. The fourth-order valence-corrected chi connectivity index (χ4v) is 2.35. The molecule has 3 N–H and O–H groups in total. The van der Waals surface area contributed by atoms with Crippen molar-refractivity contribution in [3.63, 3.8) is 0 Å². The Bertz CT molecular complexity index is 565. The Morgan fingerprint density at radius 3 is 2.75 bits per heavy atom. The number of imidazole rings is 1. The second-order valence-corrected chi connectivity index (χ2v) is 4.49. The first-order valence-corrected chi connectivity index (χ1v) is 5.67. The second kappa shape index (κ2) is 3.49. The number of rotatable bonds is 3. The van der Waals surface area contributed by atoms with Gasteiger partial charge in [-0.15, -0.1) is 0 Å². The number of benzene rings is 1. The van der Waals surface area contributed by atoms with Gasteiger partial charge >= 0.3 is 5.69 Å². The first kappa shape index (κ1) is 9.66. The molecule has 0 aliphatic heterocycles. The molecule has 0 bridgehead atoms. The Morgan fingerprint density at radius 2 is 2.06 bits per heavy atom. The standard InChI is InChI=1S/C12H15N3O/c1-13-11(7-2-3-7)8-4-5-9-10(6-8)15-12(16)14-9/h4-7,11,13H,2-3H2,1H3,(H2,14,15,16). The van der Waals surface area contributed by atoms with E-state index in [1.807, 2.05) is 13.1 Å². The smallest absolute Gasteiger partial charge is 0.313 e. The van der Waals surface area contributed by atoms with Crippen molar-refractivity contribution in [2.24, 2.45) is 5.92 Å². The van der Waals surface area contributed by atoms with Crippen LogP contribution in [0.5, 0.6) is 0 Å². The highest BCUT2D eigenvalue weighted by Crippen LogP contribution is 2.40. The minimum Gasteiger partial charge on any atom is -0.313 e. The minimum atomic E-state index is -0.139. The largest absolute Gasteiger partial charge is 0.323 e. The average Bonchev–Trinajstić information content (AvgIpc) is 3.01. The summed E-state index contributed by atoms with van der Waals surface area (Å²) in [6, 6.07) is 6.54. The van der Waals surface area contributed by atoms with Crippen molar-refractivity contribution >= 4 is 11.0 Å². The molecule has 0 saturated heterocycles. The van der Waals surface area contributed by atoms with Gasteiger partial charge in [-0.05, 0) is 43.5 Å². The van der Waals surface area contributed by atoms with E-state index in [0.717, 1.165) is 17.0 Å². The molecule has 1 unspecified atom stereocenters. The molecule has 1 aliphatic rings. The van der Waals surface area contributed by atoms with Gasteiger partial charge in [0.1, 0.15) is 0 Å². The molecule has 0 radical (unpaired) electrons. The molecule has 0 spiro atoms. The van der Waals surface area contributed by atoms with Crippen LogP contribution < -0.4 is 11.0 Å². The van der Waals surface area contributed by atoms with Gasteiger partial charge in [0.15, 0.2) is 0 Å². The molecule has 3 rings (SSSR count). The highest BCUT2D eigenvalue weighted by molar-refractivity contribution is 5.75. The number of aromatic nitrogens is 2. The number of nitrogens with one attached hydrogen (secondary N) is 3. The van der Waals surface area contributed by atoms with Crippen LogP contribution in [0.4, 0.5) is 0 Å². The van der Waals surface area contributed by atoms with Crippen LogP contribution in [0, 0.1) is 5.92 Å². The normalized spacial score (nSPS) is 17.8. The Kier molecular flexibility index (Phi) is 2.11. The van der Waals surface area contributed by atoms with E-state index in [2.05, 4.69) is 27.4 Å². The zero-order valence-corrected chi connectivity index (χ0v) is 9.21. The maximum absolute atomic E-state index is 11.2. The average molecular weight is 217 g/mol. The van der Waals surface area contributed by atoms with Gasteiger partial charge in [0.2, 0.25) is 0 Å². The lowest BCUT2D eigenvalue weighted by Crippen LogP contribution is -2.18. The van der Waals surface area contributed by atoms with E-state index in [1.165, 1.54) is 18.4 Å². The number of hydrogen-bond donors (Lipinski definition) is 3. The van der Waals surface area contributed by atoms with Crippen LogP contribution in [0.1, 0.15) is 24.4 Å². The molecule has 2 aromatic rings. The number of H-pyrrole nitrogens is 2. The first-order chi connectivity index (χ1) is 7.78. The lowest BCUT2D eigenvalue weighted by atomic mass is 10.0. The summed E-state index contributed by atoms with van der Waals surface area (Å²) in [5.41, 5.74) is 2.88. The number of aromatic amines is 2. The van der Waals surface area contributed by atoms with Crippen molar-refractivity contribution < 1.29 is 0 Å². The minimum absolute atomic E-state index is 0.139. The van der Waals surface area contributed by atoms with Gasteiger partial charge < -0.3 is 15.3 Å². The molecule has 1 fully saturated rings.